The molecule has 1 aromatic heterocycles. The van der Waals surface area contributed by atoms with Gasteiger partial charge in [0.15, 0.2) is 0 Å². The number of likely N-dealkylation sites (tertiary alicyclic amines) is 1. The molecular weight excluding hydrogens is 392 g/mol. The van der Waals surface area contributed by atoms with Gasteiger partial charge in [-0.05, 0) is 56.1 Å². The van der Waals surface area contributed by atoms with E-state index in [2.05, 4.69) is 37.7 Å². The van der Waals surface area contributed by atoms with Crippen LogP contribution in [0.15, 0.2) is 67.3 Å². The Morgan fingerprint density at radius 3 is 2.45 bits per heavy atom. The highest BCUT2D eigenvalue weighted by Crippen LogP contribution is 2.22. The second-order valence-corrected chi connectivity index (χ2v) is 7.72. The molecule has 2 aromatic carbocycles. The lowest BCUT2D eigenvalue weighted by atomic mass is 10.1. The van der Waals surface area contributed by atoms with Crippen LogP contribution >= 0.6 is 0 Å². The van der Waals surface area contributed by atoms with Gasteiger partial charge in [-0.1, -0.05) is 30.3 Å². The lowest BCUT2D eigenvalue weighted by molar-refractivity contribution is -0.120. The molecule has 0 radical (unpaired) electrons. The molecule has 160 valence electrons. The van der Waals surface area contributed by atoms with Crippen LogP contribution in [0.4, 0.5) is 11.4 Å². The van der Waals surface area contributed by atoms with E-state index < -0.39 is 6.04 Å². The Kier molecular flexibility index (Phi) is 6.37. The molecule has 1 fully saturated rings. The molecule has 8 heteroatoms. The fourth-order valence-corrected chi connectivity index (χ4v) is 3.78. The number of aromatic nitrogens is 3. The fraction of sp³-hybridized carbons (Fsp3) is 0.304. The summed E-state index contributed by atoms with van der Waals surface area (Å²) >= 11 is 0. The standard InChI is InChI=1S/C23H26N6O2/c1-17(29-16-24-15-25-29)22(30)26-19-9-11-20(12-10-19)27-23(31)21-8-5-13-28(21)14-18-6-3-2-4-7-18/h2-4,6-7,9-12,15-17,21H,5,8,13-14H2,1H3,(H,26,30)(H,27,31). The van der Waals surface area contributed by atoms with E-state index in [1.165, 1.54) is 22.9 Å². The van der Waals surface area contributed by atoms with E-state index in [-0.39, 0.29) is 17.9 Å². The van der Waals surface area contributed by atoms with E-state index in [0.29, 0.717) is 11.4 Å². The monoisotopic (exact) mass is 418 g/mol. The van der Waals surface area contributed by atoms with Crippen LogP contribution in [0.2, 0.25) is 0 Å². The van der Waals surface area contributed by atoms with Gasteiger partial charge >= 0.3 is 0 Å². The van der Waals surface area contributed by atoms with E-state index >= 15 is 0 Å². The normalized spacial score (nSPS) is 17.3. The summed E-state index contributed by atoms with van der Waals surface area (Å²) in [5.41, 5.74) is 2.57. The lowest BCUT2D eigenvalue weighted by Crippen LogP contribution is -2.39. The van der Waals surface area contributed by atoms with Gasteiger partial charge in [0, 0.05) is 17.9 Å². The third-order valence-electron chi connectivity index (χ3n) is 5.53. The highest BCUT2D eigenvalue weighted by molar-refractivity contribution is 5.96. The first-order valence-corrected chi connectivity index (χ1v) is 10.4. The number of carbonyl (C=O) groups is 2. The van der Waals surface area contributed by atoms with E-state index in [1.807, 2.05) is 18.2 Å². The van der Waals surface area contributed by atoms with Gasteiger partial charge in [0.25, 0.3) is 0 Å². The third-order valence-corrected chi connectivity index (χ3v) is 5.53. The van der Waals surface area contributed by atoms with Crippen LogP contribution in [0.25, 0.3) is 0 Å². The molecule has 3 aromatic rings. The molecule has 0 saturated carbocycles. The van der Waals surface area contributed by atoms with Gasteiger partial charge in [0.1, 0.15) is 18.7 Å². The predicted octanol–water partition coefficient (Wildman–Crippen LogP) is 3.08. The van der Waals surface area contributed by atoms with Crippen molar-refractivity contribution in [2.45, 2.75) is 38.4 Å². The molecule has 1 aliphatic heterocycles. The fourth-order valence-electron chi connectivity index (χ4n) is 3.78. The summed E-state index contributed by atoms with van der Waals surface area (Å²) in [6.07, 6.45) is 4.77. The Bertz CT molecular complexity index is 1000. The van der Waals surface area contributed by atoms with Crippen molar-refractivity contribution >= 4 is 23.2 Å². The number of nitrogens with one attached hydrogen (secondary N) is 2. The Labute approximate surface area is 181 Å². The third kappa shape index (κ3) is 5.16. The van der Waals surface area contributed by atoms with Gasteiger partial charge in [-0.2, -0.15) is 5.10 Å². The molecule has 0 aliphatic carbocycles. The van der Waals surface area contributed by atoms with E-state index in [9.17, 15) is 9.59 Å². The zero-order chi connectivity index (χ0) is 21.6. The number of carbonyl (C=O) groups excluding carboxylic acids is 2. The van der Waals surface area contributed by atoms with E-state index in [1.54, 1.807) is 31.2 Å². The Morgan fingerprint density at radius 1 is 1.06 bits per heavy atom. The molecular formula is C23H26N6O2. The predicted molar refractivity (Wildman–Crippen MR) is 118 cm³/mol. The smallest absolute Gasteiger partial charge is 0.249 e. The number of hydrogen-bond acceptors (Lipinski definition) is 5. The highest BCUT2D eigenvalue weighted by atomic mass is 16.2. The summed E-state index contributed by atoms with van der Waals surface area (Å²) in [6.45, 7) is 3.44. The second kappa shape index (κ2) is 9.53. The summed E-state index contributed by atoms with van der Waals surface area (Å²) in [6, 6.07) is 16.8. The topological polar surface area (TPSA) is 92.2 Å². The molecule has 1 aliphatic rings. The lowest BCUT2D eigenvalue weighted by Gasteiger charge is -2.23. The Morgan fingerprint density at radius 2 is 1.77 bits per heavy atom. The van der Waals surface area contributed by atoms with Crippen molar-refractivity contribution in [2.75, 3.05) is 17.2 Å². The van der Waals surface area contributed by atoms with Gasteiger partial charge in [-0.25, -0.2) is 9.67 Å². The minimum atomic E-state index is -0.472. The van der Waals surface area contributed by atoms with Gasteiger partial charge in [-0.15, -0.1) is 0 Å². The molecule has 2 unspecified atom stereocenters. The zero-order valence-electron chi connectivity index (χ0n) is 17.4. The summed E-state index contributed by atoms with van der Waals surface area (Å²) in [5, 5.41) is 9.85. The van der Waals surface area contributed by atoms with Crippen LogP contribution in [0.3, 0.4) is 0 Å². The molecule has 1 saturated heterocycles. The first kappa shape index (κ1) is 20.7. The van der Waals surface area contributed by atoms with Crippen molar-refractivity contribution in [1.82, 2.24) is 19.7 Å². The first-order valence-electron chi connectivity index (χ1n) is 10.4. The molecule has 0 bridgehead atoms. The minimum absolute atomic E-state index is 0.00465. The van der Waals surface area contributed by atoms with Crippen molar-refractivity contribution in [2.24, 2.45) is 0 Å². The highest BCUT2D eigenvalue weighted by Gasteiger charge is 2.30. The van der Waals surface area contributed by atoms with E-state index in [0.717, 1.165) is 25.9 Å². The maximum Gasteiger partial charge on any atom is 0.249 e. The van der Waals surface area contributed by atoms with Crippen LogP contribution in [-0.4, -0.2) is 44.1 Å². The largest absolute Gasteiger partial charge is 0.325 e. The van der Waals surface area contributed by atoms with Crippen molar-refractivity contribution in [1.29, 1.82) is 0 Å². The number of benzene rings is 2. The molecule has 2 amide bonds. The molecule has 8 nitrogen and oxygen atoms in total. The van der Waals surface area contributed by atoms with Gasteiger partial charge in [0.05, 0.1) is 6.04 Å². The summed E-state index contributed by atoms with van der Waals surface area (Å²) in [5.74, 6) is -0.185. The summed E-state index contributed by atoms with van der Waals surface area (Å²) in [4.78, 5) is 31.3. The Hall–Kier alpha value is -3.52. The number of amides is 2. The molecule has 4 rings (SSSR count). The zero-order valence-corrected chi connectivity index (χ0v) is 17.4. The maximum atomic E-state index is 12.9. The number of rotatable bonds is 7. The quantitative estimate of drug-likeness (QED) is 0.615. The molecule has 2 heterocycles. The molecule has 31 heavy (non-hydrogen) atoms. The van der Waals surface area contributed by atoms with Crippen LogP contribution in [-0.2, 0) is 16.1 Å². The average Bonchev–Trinajstić information content (AvgIpc) is 3.48. The SMILES string of the molecule is CC(C(=O)Nc1ccc(NC(=O)C2CCCN2Cc2ccccc2)cc1)n1cncn1. The Balaban J connectivity index is 1.33. The van der Waals surface area contributed by atoms with Crippen molar-refractivity contribution < 1.29 is 9.59 Å². The molecule has 2 atom stereocenters. The molecule has 0 spiro atoms. The van der Waals surface area contributed by atoms with Crippen molar-refractivity contribution in [3.05, 3.63) is 72.8 Å². The van der Waals surface area contributed by atoms with Crippen LogP contribution < -0.4 is 10.6 Å². The minimum Gasteiger partial charge on any atom is -0.325 e. The van der Waals surface area contributed by atoms with Gasteiger partial charge < -0.3 is 10.6 Å². The van der Waals surface area contributed by atoms with Crippen molar-refractivity contribution in [3.8, 4) is 0 Å². The van der Waals surface area contributed by atoms with Gasteiger partial charge in [0.2, 0.25) is 11.8 Å². The van der Waals surface area contributed by atoms with Crippen molar-refractivity contribution in [3.63, 3.8) is 0 Å². The number of nitrogens with zero attached hydrogens (tertiary/aromatic N) is 4. The van der Waals surface area contributed by atoms with Crippen LogP contribution in [0, 0.1) is 0 Å². The number of anilines is 2. The van der Waals surface area contributed by atoms with Crippen LogP contribution in [0.5, 0.6) is 0 Å². The van der Waals surface area contributed by atoms with E-state index in [4.69, 9.17) is 0 Å². The van der Waals surface area contributed by atoms with Crippen LogP contribution in [0.1, 0.15) is 31.4 Å². The second-order valence-electron chi connectivity index (χ2n) is 7.72. The maximum absolute atomic E-state index is 12.9. The first-order chi connectivity index (χ1) is 15.1. The number of hydrogen-bond donors (Lipinski definition) is 2. The molecule has 2 N–H and O–H groups in total. The summed E-state index contributed by atoms with van der Waals surface area (Å²) in [7, 11) is 0. The average molecular weight is 419 g/mol. The summed E-state index contributed by atoms with van der Waals surface area (Å²) < 4.78 is 1.49. The van der Waals surface area contributed by atoms with Gasteiger partial charge in [-0.3, -0.25) is 14.5 Å².